The molecule has 2 N–H and O–H groups in total. The maximum Gasteiger partial charge on any atom is 0.225 e. The van der Waals surface area contributed by atoms with E-state index in [0.29, 0.717) is 6.42 Å². The van der Waals surface area contributed by atoms with Crippen molar-refractivity contribution in [3.63, 3.8) is 0 Å². The third kappa shape index (κ3) is 4.67. The highest BCUT2D eigenvalue weighted by Crippen LogP contribution is 2.37. The van der Waals surface area contributed by atoms with E-state index in [4.69, 9.17) is 5.73 Å². The van der Waals surface area contributed by atoms with Crippen molar-refractivity contribution < 1.29 is 4.79 Å². The van der Waals surface area contributed by atoms with Crippen LogP contribution in [-0.4, -0.2) is 40.4 Å². The summed E-state index contributed by atoms with van der Waals surface area (Å²) in [5.74, 6) is 0.617. The Hall–Kier alpha value is -2.27. The molecule has 29 heavy (non-hydrogen) atoms. The van der Waals surface area contributed by atoms with E-state index in [1.165, 1.54) is 32.1 Å². The minimum Gasteiger partial charge on any atom is -0.369 e. The van der Waals surface area contributed by atoms with Gasteiger partial charge in [-0.15, -0.1) is 0 Å². The zero-order chi connectivity index (χ0) is 20.1. The number of carbonyl (C=O) groups is 1. The third-order valence-electron chi connectivity index (χ3n) is 6.84. The molecule has 2 heterocycles. The fourth-order valence-corrected chi connectivity index (χ4v) is 5.31. The van der Waals surface area contributed by atoms with E-state index in [1.807, 2.05) is 24.5 Å². The summed E-state index contributed by atoms with van der Waals surface area (Å²) < 4.78 is 0. The summed E-state index contributed by atoms with van der Waals surface area (Å²) in [7, 11) is 0. The van der Waals surface area contributed by atoms with E-state index in [0.717, 1.165) is 55.1 Å². The highest BCUT2D eigenvalue weighted by atomic mass is 16.1. The first-order valence-corrected chi connectivity index (χ1v) is 11.0. The Balaban J connectivity index is 1.56. The minimum atomic E-state index is -0.501. The third-order valence-corrected chi connectivity index (χ3v) is 6.84. The normalized spacial score (nSPS) is 23.7. The van der Waals surface area contributed by atoms with Crippen molar-refractivity contribution in [3.8, 4) is 11.1 Å². The smallest absolute Gasteiger partial charge is 0.225 e. The van der Waals surface area contributed by atoms with Crippen LogP contribution >= 0.6 is 0 Å². The van der Waals surface area contributed by atoms with Gasteiger partial charge in [0.2, 0.25) is 5.91 Å². The Morgan fingerprint density at radius 1 is 1.10 bits per heavy atom. The molecule has 154 valence electrons. The lowest BCUT2D eigenvalue weighted by Gasteiger charge is -2.42. The Kier molecular flexibility index (Phi) is 6.24. The Morgan fingerprint density at radius 2 is 1.86 bits per heavy atom. The molecule has 1 atom stereocenters. The van der Waals surface area contributed by atoms with E-state index < -0.39 is 5.41 Å². The van der Waals surface area contributed by atoms with Crippen molar-refractivity contribution >= 4 is 5.91 Å². The molecule has 1 aliphatic carbocycles. The number of primary amides is 1. The van der Waals surface area contributed by atoms with Crippen LogP contribution in [0.4, 0.5) is 0 Å². The second kappa shape index (κ2) is 9.04. The lowest BCUT2D eigenvalue weighted by molar-refractivity contribution is -0.131. The molecule has 0 spiro atoms. The average Bonchev–Trinajstić information content (AvgIpc) is 2.76. The van der Waals surface area contributed by atoms with Crippen LogP contribution in [0.25, 0.3) is 11.1 Å². The molecule has 1 amide bonds. The molecular weight excluding hydrogens is 360 g/mol. The number of carbonyl (C=O) groups excluding carboxylic acids is 1. The molecule has 1 aromatic heterocycles. The van der Waals surface area contributed by atoms with E-state index in [9.17, 15) is 4.79 Å². The van der Waals surface area contributed by atoms with Gasteiger partial charge < -0.3 is 10.6 Å². The molecular formula is C24H32N4O. The number of nitrogens with two attached hydrogens (primary N) is 1. The lowest BCUT2D eigenvalue weighted by atomic mass is 9.73. The largest absolute Gasteiger partial charge is 0.369 e. The summed E-state index contributed by atoms with van der Waals surface area (Å²) in [4.78, 5) is 23.6. The number of likely N-dealkylation sites (tertiary alicyclic amines) is 1. The minimum absolute atomic E-state index is 0.162. The van der Waals surface area contributed by atoms with E-state index in [-0.39, 0.29) is 5.91 Å². The molecule has 1 unspecified atom stereocenters. The molecule has 1 saturated heterocycles. The first kappa shape index (κ1) is 20.0. The van der Waals surface area contributed by atoms with Gasteiger partial charge in [0.25, 0.3) is 0 Å². The van der Waals surface area contributed by atoms with E-state index in [2.05, 4.69) is 27.0 Å². The number of nitrogens with zero attached hydrogens (tertiary/aromatic N) is 3. The summed E-state index contributed by atoms with van der Waals surface area (Å²) in [6.07, 6.45) is 14.5. The molecule has 2 fully saturated rings. The highest BCUT2D eigenvalue weighted by Gasteiger charge is 2.41. The fraction of sp³-hybridized carbons (Fsp3) is 0.542. The zero-order valence-corrected chi connectivity index (χ0v) is 17.2. The molecule has 1 aliphatic heterocycles. The Bertz CT molecular complexity index is 819. The zero-order valence-electron chi connectivity index (χ0n) is 17.2. The maximum absolute atomic E-state index is 12.7. The molecule has 1 saturated carbocycles. The van der Waals surface area contributed by atoms with Gasteiger partial charge in [-0.3, -0.25) is 4.79 Å². The van der Waals surface area contributed by atoms with Crippen LogP contribution in [-0.2, 0) is 11.2 Å². The molecule has 2 aromatic rings. The average molecular weight is 393 g/mol. The van der Waals surface area contributed by atoms with Gasteiger partial charge in [0.1, 0.15) is 6.33 Å². The van der Waals surface area contributed by atoms with Crippen LogP contribution in [0.3, 0.4) is 0 Å². The topological polar surface area (TPSA) is 72.1 Å². The van der Waals surface area contributed by atoms with Gasteiger partial charge >= 0.3 is 0 Å². The monoisotopic (exact) mass is 392 g/mol. The van der Waals surface area contributed by atoms with E-state index in [1.54, 1.807) is 6.33 Å². The van der Waals surface area contributed by atoms with Crippen LogP contribution in [0.5, 0.6) is 0 Å². The SMILES string of the molecule is NC(=O)C1(Cc2ccccc2-c2cncnc2)CCCN(CC2CCCCC2)C1. The van der Waals surface area contributed by atoms with Crippen LogP contribution in [0.2, 0.25) is 0 Å². The van der Waals surface area contributed by atoms with Crippen LogP contribution in [0.15, 0.2) is 43.0 Å². The summed E-state index contributed by atoms with van der Waals surface area (Å²) in [6, 6.07) is 8.28. The van der Waals surface area contributed by atoms with E-state index >= 15 is 0 Å². The van der Waals surface area contributed by atoms with Crippen LogP contribution in [0, 0.1) is 11.3 Å². The molecule has 1 aromatic carbocycles. The summed E-state index contributed by atoms with van der Waals surface area (Å²) in [5, 5.41) is 0. The van der Waals surface area contributed by atoms with Crippen molar-refractivity contribution in [2.24, 2.45) is 17.1 Å². The van der Waals surface area contributed by atoms with Crippen molar-refractivity contribution in [2.75, 3.05) is 19.6 Å². The number of piperidine rings is 1. The quantitative estimate of drug-likeness (QED) is 0.811. The molecule has 4 rings (SSSR count). The van der Waals surface area contributed by atoms with Crippen molar-refractivity contribution in [1.82, 2.24) is 14.9 Å². The van der Waals surface area contributed by atoms with Gasteiger partial charge in [-0.05, 0) is 55.7 Å². The predicted octanol–water partition coefficient (Wildman–Crippen LogP) is 3.83. The number of benzene rings is 1. The fourth-order valence-electron chi connectivity index (χ4n) is 5.31. The van der Waals surface area contributed by atoms with Gasteiger partial charge in [-0.2, -0.15) is 0 Å². The van der Waals surface area contributed by atoms with Crippen molar-refractivity contribution in [1.29, 1.82) is 0 Å². The molecule has 0 bridgehead atoms. The second-order valence-corrected chi connectivity index (χ2v) is 8.95. The number of rotatable bonds is 6. The van der Waals surface area contributed by atoms with Crippen LogP contribution < -0.4 is 5.73 Å². The highest BCUT2D eigenvalue weighted by molar-refractivity contribution is 5.82. The molecule has 5 nitrogen and oxygen atoms in total. The summed E-state index contributed by atoms with van der Waals surface area (Å²) >= 11 is 0. The van der Waals surface area contributed by atoms with Gasteiger partial charge in [0, 0.05) is 31.0 Å². The molecule has 2 aliphatic rings. The molecule has 5 heteroatoms. The van der Waals surface area contributed by atoms with Gasteiger partial charge in [-0.1, -0.05) is 43.5 Å². The maximum atomic E-state index is 12.7. The lowest BCUT2D eigenvalue weighted by Crippen LogP contribution is -2.52. The first-order chi connectivity index (χ1) is 14.2. The number of hydrogen-bond acceptors (Lipinski definition) is 4. The number of hydrogen-bond donors (Lipinski definition) is 1. The Morgan fingerprint density at radius 3 is 2.62 bits per heavy atom. The van der Waals surface area contributed by atoms with Gasteiger partial charge in [0.15, 0.2) is 0 Å². The second-order valence-electron chi connectivity index (χ2n) is 8.95. The van der Waals surface area contributed by atoms with Crippen LogP contribution in [0.1, 0.15) is 50.5 Å². The Labute approximate surface area is 173 Å². The first-order valence-electron chi connectivity index (χ1n) is 11.0. The van der Waals surface area contributed by atoms with Gasteiger partial charge in [-0.25, -0.2) is 9.97 Å². The standard InChI is InChI=1S/C24H32N4O/c25-23(29)24(11-6-12-28(17-24)16-19-7-2-1-3-8-19)13-20-9-4-5-10-22(20)21-14-26-18-27-15-21/h4-5,9-10,14-15,18-19H,1-3,6-8,11-13,16-17H2,(H2,25,29). The van der Waals surface area contributed by atoms with Gasteiger partial charge in [0.05, 0.1) is 5.41 Å². The predicted molar refractivity (Wildman–Crippen MR) is 115 cm³/mol. The molecule has 0 radical (unpaired) electrons. The van der Waals surface area contributed by atoms with Crippen molar-refractivity contribution in [3.05, 3.63) is 48.5 Å². The summed E-state index contributed by atoms with van der Waals surface area (Å²) in [6.45, 7) is 2.97. The number of amides is 1. The summed E-state index contributed by atoms with van der Waals surface area (Å²) in [5.41, 5.74) is 8.78. The van der Waals surface area contributed by atoms with Crippen molar-refractivity contribution in [2.45, 2.75) is 51.4 Å². The number of aromatic nitrogens is 2.